The van der Waals surface area contributed by atoms with Crippen molar-refractivity contribution in [2.75, 3.05) is 4.90 Å². The van der Waals surface area contributed by atoms with Crippen LogP contribution in [0.3, 0.4) is 0 Å². The van der Waals surface area contributed by atoms with E-state index in [-0.39, 0.29) is 0 Å². The molecule has 3 nitrogen and oxygen atoms in total. The van der Waals surface area contributed by atoms with Crippen LogP contribution in [0, 0.1) is 11.3 Å². The van der Waals surface area contributed by atoms with Crippen molar-refractivity contribution in [3.05, 3.63) is 218 Å². The average molecular weight is 770 g/mol. The van der Waals surface area contributed by atoms with Gasteiger partial charge in [-0.25, -0.2) is 0 Å². The maximum atomic E-state index is 9.39. The van der Waals surface area contributed by atoms with Gasteiger partial charge in [-0.15, -0.1) is 11.3 Å². The first-order valence-electron chi connectivity index (χ1n) is 19.8. The Hall–Kier alpha value is -7.71. The van der Waals surface area contributed by atoms with Crippen LogP contribution < -0.4 is 4.90 Å². The lowest BCUT2D eigenvalue weighted by Gasteiger charge is -2.26. The summed E-state index contributed by atoms with van der Waals surface area (Å²) in [6.07, 6.45) is 0. The minimum atomic E-state index is 0.654. The molecule has 59 heavy (non-hydrogen) atoms. The first-order chi connectivity index (χ1) is 29.2. The first-order valence-corrected chi connectivity index (χ1v) is 20.6. The van der Waals surface area contributed by atoms with Gasteiger partial charge >= 0.3 is 0 Å². The van der Waals surface area contributed by atoms with Gasteiger partial charge in [-0.3, -0.25) is 0 Å². The van der Waals surface area contributed by atoms with Crippen LogP contribution in [-0.2, 0) is 0 Å². The second kappa shape index (κ2) is 14.3. The zero-order valence-electron chi connectivity index (χ0n) is 32.0. The number of hydrogen-bond acceptors (Lipinski definition) is 3. The molecule has 0 aliphatic rings. The van der Waals surface area contributed by atoms with Gasteiger partial charge in [0.05, 0.1) is 22.7 Å². The number of thiophene rings is 1. The summed E-state index contributed by atoms with van der Waals surface area (Å²) in [5, 5.41) is 14.4. The molecule has 0 amide bonds. The molecule has 9 aromatic carbocycles. The van der Waals surface area contributed by atoms with Crippen molar-refractivity contribution >= 4 is 70.4 Å². The summed E-state index contributed by atoms with van der Waals surface area (Å²) in [4.78, 5) is 2.34. The van der Waals surface area contributed by atoms with E-state index in [1.807, 2.05) is 35.6 Å². The molecule has 0 saturated heterocycles. The molecule has 0 aliphatic heterocycles. The summed E-state index contributed by atoms with van der Waals surface area (Å²) in [6.45, 7) is 0. The normalized spacial score (nSPS) is 11.4. The van der Waals surface area contributed by atoms with Crippen LogP contribution in [0.15, 0.2) is 212 Å². The van der Waals surface area contributed by atoms with E-state index in [1.54, 1.807) is 0 Å². The van der Waals surface area contributed by atoms with E-state index in [2.05, 4.69) is 204 Å². The molecule has 11 rings (SSSR count). The summed E-state index contributed by atoms with van der Waals surface area (Å²) in [5.74, 6) is 0. The standard InChI is InChI=1S/C55H35N3S/c56-36-37-14-24-47(25-15-37)58-52-12-6-4-10-48(52)50-34-42(22-32-53(50)58)40-18-28-45(29-19-40)57(44-26-16-39(17-27-44)38-8-2-1-3-9-38)46-30-20-41(21-31-46)43-23-33-55-51(35-43)49-11-5-7-13-54(49)59-55/h1-35H. The fourth-order valence-electron chi connectivity index (χ4n) is 8.51. The Morgan fingerprint density at radius 2 is 0.847 bits per heavy atom. The number of nitriles is 1. The third kappa shape index (κ3) is 6.13. The van der Waals surface area contributed by atoms with Gasteiger partial charge in [0, 0.05) is 53.7 Å². The van der Waals surface area contributed by atoms with Gasteiger partial charge in [-0.05, 0) is 130 Å². The Balaban J connectivity index is 0.965. The molecule has 0 N–H and O–H groups in total. The Morgan fingerprint density at radius 3 is 1.49 bits per heavy atom. The predicted octanol–water partition coefficient (Wildman–Crippen LogP) is 15.5. The molecule has 0 saturated carbocycles. The smallest absolute Gasteiger partial charge is 0.0991 e. The number of nitrogens with zero attached hydrogens (tertiary/aromatic N) is 3. The molecule has 0 aliphatic carbocycles. The van der Waals surface area contributed by atoms with E-state index in [1.165, 1.54) is 53.2 Å². The second-order valence-electron chi connectivity index (χ2n) is 14.9. The summed E-state index contributed by atoms with van der Waals surface area (Å²) < 4.78 is 4.92. The summed E-state index contributed by atoms with van der Waals surface area (Å²) in [6, 6.07) is 78.2. The summed E-state index contributed by atoms with van der Waals surface area (Å²) in [5.41, 5.74) is 14.3. The number of anilines is 3. The first kappa shape index (κ1) is 34.5. The molecule has 0 atom stereocenters. The lowest BCUT2D eigenvalue weighted by molar-refractivity contribution is 1.18. The van der Waals surface area contributed by atoms with Crippen LogP contribution in [0.5, 0.6) is 0 Å². The number of aromatic nitrogens is 1. The Morgan fingerprint density at radius 1 is 0.373 bits per heavy atom. The molecular weight excluding hydrogens is 735 g/mol. The zero-order valence-corrected chi connectivity index (χ0v) is 32.8. The Labute approximate surface area is 346 Å². The second-order valence-corrected chi connectivity index (χ2v) is 16.0. The number of fused-ring (bicyclic) bond motifs is 6. The van der Waals surface area contributed by atoms with Gasteiger partial charge in [0.2, 0.25) is 0 Å². The molecule has 0 unspecified atom stereocenters. The van der Waals surface area contributed by atoms with Crippen molar-refractivity contribution < 1.29 is 0 Å². The van der Waals surface area contributed by atoms with E-state index < -0.39 is 0 Å². The monoisotopic (exact) mass is 769 g/mol. The van der Waals surface area contributed by atoms with Gasteiger partial charge in [0.15, 0.2) is 0 Å². The third-order valence-electron chi connectivity index (χ3n) is 11.5. The molecular formula is C55H35N3S. The molecule has 0 bridgehead atoms. The molecule has 2 heterocycles. The highest BCUT2D eigenvalue weighted by molar-refractivity contribution is 7.25. The molecule has 0 spiro atoms. The van der Waals surface area contributed by atoms with Crippen molar-refractivity contribution in [1.29, 1.82) is 5.26 Å². The topological polar surface area (TPSA) is 32.0 Å². The van der Waals surface area contributed by atoms with Gasteiger partial charge < -0.3 is 9.47 Å². The van der Waals surface area contributed by atoms with E-state index >= 15 is 0 Å². The van der Waals surface area contributed by atoms with Gasteiger partial charge in [-0.2, -0.15) is 5.26 Å². The highest BCUT2D eigenvalue weighted by atomic mass is 32.1. The molecule has 0 radical (unpaired) electrons. The highest BCUT2D eigenvalue weighted by Crippen LogP contribution is 2.41. The van der Waals surface area contributed by atoms with Crippen molar-refractivity contribution in [3.8, 4) is 45.1 Å². The van der Waals surface area contributed by atoms with Crippen molar-refractivity contribution in [2.45, 2.75) is 0 Å². The van der Waals surface area contributed by atoms with Crippen LogP contribution in [0.1, 0.15) is 5.56 Å². The molecule has 11 aromatic rings. The van der Waals surface area contributed by atoms with Gasteiger partial charge in [0.25, 0.3) is 0 Å². The average Bonchev–Trinajstić information content (AvgIpc) is 3.85. The molecule has 276 valence electrons. The van der Waals surface area contributed by atoms with Crippen molar-refractivity contribution in [1.82, 2.24) is 4.57 Å². The fraction of sp³-hybridized carbons (Fsp3) is 0. The number of rotatable bonds is 7. The lowest BCUT2D eigenvalue weighted by atomic mass is 10.0. The zero-order chi connectivity index (χ0) is 39.3. The Bertz CT molecular complexity index is 3350. The molecule has 0 fully saturated rings. The van der Waals surface area contributed by atoms with Crippen molar-refractivity contribution in [3.63, 3.8) is 0 Å². The van der Waals surface area contributed by atoms with E-state index in [4.69, 9.17) is 0 Å². The quantitative estimate of drug-likeness (QED) is 0.162. The highest BCUT2D eigenvalue weighted by Gasteiger charge is 2.16. The number of para-hydroxylation sites is 1. The Kier molecular flexibility index (Phi) is 8.40. The predicted molar refractivity (Wildman–Crippen MR) is 249 cm³/mol. The summed E-state index contributed by atoms with van der Waals surface area (Å²) >= 11 is 1.85. The minimum Gasteiger partial charge on any atom is -0.311 e. The summed E-state index contributed by atoms with van der Waals surface area (Å²) in [7, 11) is 0. The van der Waals surface area contributed by atoms with Gasteiger partial charge in [0.1, 0.15) is 0 Å². The third-order valence-corrected chi connectivity index (χ3v) is 12.6. The minimum absolute atomic E-state index is 0.654. The number of hydrogen-bond donors (Lipinski definition) is 0. The van der Waals surface area contributed by atoms with Crippen LogP contribution in [0.2, 0.25) is 0 Å². The SMILES string of the molecule is N#Cc1ccc(-n2c3ccccc3c3cc(-c4ccc(N(c5ccc(-c6ccccc6)cc5)c5ccc(-c6ccc7sc8ccccc8c7c6)cc5)cc4)ccc32)cc1. The van der Waals surface area contributed by atoms with Gasteiger partial charge in [-0.1, -0.05) is 115 Å². The molecule has 2 aromatic heterocycles. The maximum absolute atomic E-state index is 9.39. The van der Waals surface area contributed by atoms with Crippen LogP contribution in [0.25, 0.3) is 81.0 Å². The fourth-order valence-corrected chi connectivity index (χ4v) is 9.59. The van der Waals surface area contributed by atoms with E-state index in [0.29, 0.717) is 5.56 Å². The van der Waals surface area contributed by atoms with Crippen LogP contribution in [0.4, 0.5) is 17.1 Å². The van der Waals surface area contributed by atoms with E-state index in [0.717, 1.165) is 44.9 Å². The van der Waals surface area contributed by atoms with Crippen molar-refractivity contribution in [2.24, 2.45) is 0 Å². The lowest BCUT2D eigenvalue weighted by Crippen LogP contribution is -2.09. The maximum Gasteiger partial charge on any atom is 0.0991 e. The van der Waals surface area contributed by atoms with E-state index in [9.17, 15) is 5.26 Å². The molecule has 4 heteroatoms. The largest absolute Gasteiger partial charge is 0.311 e. The van der Waals surface area contributed by atoms with Crippen LogP contribution in [-0.4, -0.2) is 4.57 Å². The number of benzene rings is 9. The van der Waals surface area contributed by atoms with Crippen LogP contribution >= 0.6 is 11.3 Å².